The van der Waals surface area contributed by atoms with Crippen molar-refractivity contribution in [3.05, 3.63) is 73.8 Å². The van der Waals surface area contributed by atoms with E-state index in [0.29, 0.717) is 35.9 Å². The molecule has 7 atom stereocenters. The van der Waals surface area contributed by atoms with Crippen LogP contribution in [0.25, 0.3) is 0 Å². The first-order valence-electron chi connectivity index (χ1n) is 16.8. The van der Waals surface area contributed by atoms with Crippen LogP contribution in [0, 0.1) is 23.7 Å². The molecule has 10 heteroatoms. The molecule has 1 N–H and O–H groups in total. The molecule has 0 saturated carbocycles. The number of nitrogens with zero attached hydrogens (tertiary/aromatic N) is 3. The number of likely N-dealkylation sites (tertiary alicyclic amines) is 1. The van der Waals surface area contributed by atoms with Gasteiger partial charge in [-0.15, -0.1) is 13.2 Å². The number of ether oxygens (including phenoxy) is 3. The summed E-state index contributed by atoms with van der Waals surface area (Å²) in [5.74, 6) is -1.82. The Morgan fingerprint density at radius 2 is 1.56 bits per heavy atom. The zero-order chi connectivity index (χ0) is 35.0. The number of benzene rings is 2. The van der Waals surface area contributed by atoms with Crippen molar-refractivity contribution in [3.8, 4) is 11.5 Å². The summed E-state index contributed by atoms with van der Waals surface area (Å²) in [5, 5.41) is 10.7. The summed E-state index contributed by atoms with van der Waals surface area (Å²) in [7, 11) is 1.57. The highest BCUT2D eigenvalue weighted by atomic mass is 16.5. The lowest BCUT2D eigenvalue weighted by Crippen LogP contribution is -2.60. The second-order valence-electron chi connectivity index (χ2n) is 13.5. The van der Waals surface area contributed by atoms with Gasteiger partial charge < -0.3 is 34.0 Å². The SMILES string of the molecule is C=CCN(C(=O)C1N([C@@H](CO)C(C)C)C(=O)[C@@H]2[C@H](C(=O)N(CC=C)c3ccc(OCC)cc3)[C@@]3(C)OC12CC3C)c1ccc(OC)cc1. The molecular weight excluding hydrogens is 610 g/mol. The first-order valence-corrected chi connectivity index (χ1v) is 16.8. The number of rotatable bonds is 14. The largest absolute Gasteiger partial charge is 0.497 e. The summed E-state index contributed by atoms with van der Waals surface area (Å²) in [6.45, 7) is 18.0. The lowest BCUT2D eigenvalue weighted by Gasteiger charge is -2.40. The molecule has 5 rings (SSSR count). The minimum atomic E-state index is -1.30. The normalized spacial score (nSPS) is 27.8. The van der Waals surface area contributed by atoms with E-state index >= 15 is 4.79 Å². The van der Waals surface area contributed by atoms with E-state index < -0.39 is 35.1 Å². The number of methoxy groups -OCH3 is 1. The summed E-state index contributed by atoms with van der Waals surface area (Å²) in [5.41, 5.74) is -1.08. The number of anilines is 2. The second-order valence-corrected chi connectivity index (χ2v) is 13.5. The van der Waals surface area contributed by atoms with Gasteiger partial charge in [0.15, 0.2) is 0 Å². The summed E-state index contributed by atoms with van der Waals surface area (Å²) in [6.07, 6.45) is 3.70. The number of aliphatic hydroxyl groups is 1. The van der Waals surface area contributed by atoms with Crippen LogP contribution >= 0.6 is 0 Å². The molecule has 3 heterocycles. The lowest BCUT2D eigenvalue weighted by atomic mass is 9.62. The predicted molar refractivity (Wildman–Crippen MR) is 185 cm³/mol. The maximum absolute atomic E-state index is 15.0. The van der Waals surface area contributed by atoms with Crippen LogP contribution in [-0.2, 0) is 19.1 Å². The van der Waals surface area contributed by atoms with Gasteiger partial charge in [0, 0.05) is 24.5 Å². The molecule has 3 amide bonds. The molecule has 3 fully saturated rings. The van der Waals surface area contributed by atoms with E-state index in [4.69, 9.17) is 14.2 Å². The zero-order valence-electron chi connectivity index (χ0n) is 28.9. The molecule has 3 unspecified atom stereocenters. The quantitative estimate of drug-likeness (QED) is 0.289. The van der Waals surface area contributed by atoms with Crippen molar-refractivity contribution in [2.75, 3.05) is 43.2 Å². The fourth-order valence-corrected chi connectivity index (χ4v) is 8.18. The van der Waals surface area contributed by atoms with Crippen molar-refractivity contribution in [3.63, 3.8) is 0 Å². The smallest absolute Gasteiger partial charge is 0.253 e. The first-order chi connectivity index (χ1) is 22.9. The van der Waals surface area contributed by atoms with Crippen molar-refractivity contribution in [1.29, 1.82) is 0 Å². The van der Waals surface area contributed by atoms with Gasteiger partial charge in [-0.05, 0) is 80.6 Å². The maximum atomic E-state index is 15.0. The Morgan fingerprint density at radius 3 is 2.04 bits per heavy atom. The van der Waals surface area contributed by atoms with Gasteiger partial charge in [-0.25, -0.2) is 0 Å². The topological polar surface area (TPSA) is 109 Å². The van der Waals surface area contributed by atoms with Crippen LogP contribution in [0.3, 0.4) is 0 Å². The monoisotopic (exact) mass is 659 g/mol. The van der Waals surface area contributed by atoms with Crippen molar-refractivity contribution in [2.45, 2.75) is 64.3 Å². The van der Waals surface area contributed by atoms with E-state index in [1.807, 2.05) is 58.9 Å². The molecule has 258 valence electrons. The minimum absolute atomic E-state index is 0.155. The maximum Gasteiger partial charge on any atom is 0.253 e. The van der Waals surface area contributed by atoms with E-state index in [1.54, 1.807) is 53.3 Å². The number of carbonyl (C=O) groups excluding carboxylic acids is 3. The average Bonchev–Trinajstić information content (AvgIpc) is 3.59. The third-order valence-electron chi connectivity index (χ3n) is 10.6. The molecule has 48 heavy (non-hydrogen) atoms. The van der Waals surface area contributed by atoms with Gasteiger partial charge in [-0.3, -0.25) is 14.4 Å². The highest BCUT2D eigenvalue weighted by Gasteiger charge is 2.80. The van der Waals surface area contributed by atoms with Crippen LogP contribution in [0.2, 0.25) is 0 Å². The van der Waals surface area contributed by atoms with Crippen molar-refractivity contribution in [2.24, 2.45) is 23.7 Å². The van der Waals surface area contributed by atoms with Gasteiger partial charge in [-0.1, -0.05) is 32.9 Å². The third-order valence-corrected chi connectivity index (χ3v) is 10.6. The fourth-order valence-electron chi connectivity index (χ4n) is 8.18. The number of fused-ring (bicyclic) bond motifs is 1. The third kappa shape index (κ3) is 5.58. The number of hydrogen-bond donors (Lipinski definition) is 1. The zero-order valence-corrected chi connectivity index (χ0v) is 28.9. The molecule has 3 aliphatic rings. The Hall–Kier alpha value is -4.15. The molecule has 2 aromatic carbocycles. The van der Waals surface area contributed by atoms with Crippen LogP contribution < -0.4 is 19.3 Å². The van der Waals surface area contributed by atoms with E-state index in [2.05, 4.69) is 13.2 Å². The van der Waals surface area contributed by atoms with Gasteiger partial charge in [-0.2, -0.15) is 0 Å². The van der Waals surface area contributed by atoms with Crippen LogP contribution in [-0.4, -0.2) is 84.4 Å². The molecular formula is C38H49N3O7. The summed E-state index contributed by atoms with van der Waals surface area (Å²) in [4.78, 5) is 49.5. The Balaban J connectivity index is 1.63. The van der Waals surface area contributed by atoms with Gasteiger partial charge in [0.2, 0.25) is 11.8 Å². The van der Waals surface area contributed by atoms with Crippen molar-refractivity contribution in [1.82, 2.24) is 4.90 Å². The standard InChI is InChI=1S/C38H49N3O7/c1-9-20-39(26-14-18-29(19-15-26)47-11-3)34(43)31-32-35(44)41(30(23-42)24(4)5)33(38(32)22-25(6)37(31,7)48-38)36(45)40(21-10-2)27-12-16-28(46-8)17-13-27/h9-10,12-19,24-25,30-33,42H,1-2,11,20-23H2,3-8H3/t25?,30-,31+,32-,33?,37-,38?/m0/s1. The van der Waals surface area contributed by atoms with E-state index in [1.165, 1.54) is 4.90 Å². The molecule has 10 nitrogen and oxygen atoms in total. The van der Waals surface area contributed by atoms with Gasteiger partial charge in [0.25, 0.3) is 5.91 Å². The molecule has 0 aliphatic carbocycles. The van der Waals surface area contributed by atoms with E-state index in [9.17, 15) is 14.7 Å². The van der Waals surface area contributed by atoms with Crippen LogP contribution in [0.5, 0.6) is 11.5 Å². The molecule has 0 aromatic heterocycles. The highest BCUT2D eigenvalue weighted by molar-refractivity contribution is 6.07. The lowest BCUT2D eigenvalue weighted by molar-refractivity contribution is -0.150. The van der Waals surface area contributed by atoms with Crippen LogP contribution in [0.15, 0.2) is 73.8 Å². The van der Waals surface area contributed by atoms with Crippen LogP contribution in [0.4, 0.5) is 11.4 Å². The Kier molecular flexibility index (Phi) is 10.1. The summed E-state index contributed by atoms with van der Waals surface area (Å²) < 4.78 is 18.0. The Bertz CT molecular complexity index is 1530. The minimum Gasteiger partial charge on any atom is -0.497 e. The van der Waals surface area contributed by atoms with Gasteiger partial charge in [0.1, 0.15) is 23.1 Å². The number of amides is 3. The van der Waals surface area contributed by atoms with Gasteiger partial charge >= 0.3 is 0 Å². The predicted octanol–water partition coefficient (Wildman–Crippen LogP) is 4.86. The molecule has 1 spiro atoms. The number of aliphatic hydroxyl groups excluding tert-OH is 1. The first kappa shape index (κ1) is 35.2. The van der Waals surface area contributed by atoms with E-state index in [-0.39, 0.29) is 49.3 Å². The molecule has 3 saturated heterocycles. The second kappa shape index (κ2) is 13.8. The van der Waals surface area contributed by atoms with E-state index in [0.717, 1.165) is 0 Å². The number of hydrogen-bond acceptors (Lipinski definition) is 7. The summed E-state index contributed by atoms with van der Waals surface area (Å²) >= 11 is 0. The Morgan fingerprint density at radius 1 is 1.02 bits per heavy atom. The number of carbonyl (C=O) groups is 3. The average molecular weight is 660 g/mol. The highest BCUT2D eigenvalue weighted by Crippen LogP contribution is 2.66. The molecule has 0 radical (unpaired) electrons. The Labute approximate surface area is 283 Å². The summed E-state index contributed by atoms with van der Waals surface area (Å²) in [6, 6.07) is 12.6. The van der Waals surface area contributed by atoms with Crippen molar-refractivity contribution < 1.29 is 33.7 Å². The molecule has 2 aromatic rings. The van der Waals surface area contributed by atoms with Gasteiger partial charge in [0.05, 0.1) is 43.8 Å². The fraction of sp³-hybridized carbons (Fsp3) is 0.500. The molecule has 3 aliphatic heterocycles. The molecule has 2 bridgehead atoms. The van der Waals surface area contributed by atoms with Crippen LogP contribution in [0.1, 0.15) is 41.0 Å². The van der Waals surface area contributed by atoms with Crippen molar-refractivity contribution >= 4 is 29.1 Å².